The topological polar surface area (TPSA) is 33.5 Å². The van der Waals surface area contributed by atoms with Gasteiger partial charge in [0.25, 0.3) is 0 Å². The van der Waals surface area contributed by atoms with E-state index < -0.39 is 0 Å². The SMILES string of the molecule is C[NH+](C)CC(C)(C)CNC(=O)CSc1ccc2ccccc2c1. The first-order valence-corrected chi connectivity index (χ1v) is 9.02. The second-order valence-corrected chi connectivity index (χ2v) is 8.17. The fourth-order valence-electron chi connectivity index (χ4n) is 2.81. The fourth-order valence-corrected chi connectivity index (χ4v) is 3.59. The Labute approximate surface area is 143 Å². The van der Waals surface area contributed by atoms with Crippen LogP contribution in [0.5, 0.6) is 0 Å². The summed E-state index contributed by atoms with van der Waals surface area (Å²) in [7, 11) is 4.28. The molecule has 23 heavy (non-hydrogen) atoms. The Kier molecular flexibility index (Phi) is 6.08. The highest BCUT2D eigenvalue weighted by atomic mass is 32.2. The van der Waals surface area contributed by atoms with Crippen LogP contribution in [-0.4, -0.2) is 38.8 Å². The number of amides is 1. The smallest absolute Gasteiger partial charge is 0.230 e. The standard InChI is InChI=1S/C19H26N2OS/c1-19(2,14-21(3)4)13-20-18(22)12-23-17-10-9-15-7-5-6-8-16(15)11-17/h5-11H,12-14H2,1-4H3,(H,20,22)/p+1. The molecule has 0 aromatic heterocycles. The van der Waals surface area contributed by atoms with Crippen LogP contribution in [0.1, 0.15) is 13.8 Å². The van der Waals surface area contributed by atoms with Gasteiger partial charge in [-0.3, -0.25) is 4.79 Å². The normalized spacial score (nSPS) is 11.9. The molecule has 124 valence electrons. The van der Waals surface area contributed by atoms with E-state index in [4.69, 9.17) is 0 Å². The number of fused-ring (bicyclic) bond motifs is 1. The fraction of sp³-hybridized carbons (Fsp3) is 0.421. The van der Waals surface area contributed by atoms with Crippen molar-refractivity contribution in [3.63, 3.8) is 0 Å². The van der Waals surface area contributed by atoms with Crippen molar-refractivity contribution in [3.05, 3.63) is 42.5 Å². The van der Waals surface area contributed by atoms with Gasteiger partial charge in [-0.15, -0.1) is 11.8 Å². The van der Waals surface area contributed by atoms with Gasteiger partial charge in [0.05, 0.1) is 26.4 Å². The van der Waals surface area contributed by atoms with Gasteiger partial charge < -0.3 is 10.2 Å². The van der Waals surface area contributed by atoms with Crippen LogP contribution in [0.15, 0.2) is 47.4 Å². The molecule has 0 aliphatic heterocycles. The Morgan fingerprint density at radius 2 is 1.83 bits per heavy atom. The second kappa shape index (κ2) is 7.84. The maximum absolute atomic E-state index is 12.1. The molecule has 0 heterocycles. The predicted molar refractivity (Wildman–Crippen MR) is 99.1 cm³/mol. The average Bonchev–Trinajstić information content (AvgIpc) is 2.49. The maximum Gasteiger partial charge on any atom is 0.230 e. The highest BCUT2D eigenvalue weighted by Gasteiger charge is 2.22. The highest BCUT2D eigenvalue weighted by Crippen LogP contribution is 2.23. The third-order valence-corrected chi connectivity index (χ3v) is 4.68. The largest absolute Gasteiger partial charge is 0.355 e. The highest BCUT2D eigenvalue weighted by molar-refractivity contribution is 8.00. The summed E-state index contributed by atoms with van der Waals surface area (Å²) in [5.41, 5.74) is 0.113. The van der Waals surface area contributed by atoms with E-state index in [1.165, 1.54) is 15.7 Å². The van der Waals surface area contributed by atoms with Crippen molar-refractivity contribution in [2.45, 2.75) is 18.7 Å². The number of carbonyl (C=O) groups is 1. The van der Waals surface area contributed by atoms with Gasteiger partial charge in [-0.05, 0) is 22.9 Å². The van der Waals surface area contributed by atoms with E-state index in [9.17, 15) is 4.79 Å². The molecule has 0 aliphatic rings. The van der Waals surface area contributed by atoms with Crippen molar-refractivity contribution in [2.24, 2.45) is 5.41 Å². The van der Waals surface area contributed by atoms with Crippen LogP contribution in [0.2, 0.25) is 0 Å². The van der Waals surface area contributed by atoms with Gasteiger partial charge in [0.2, 0.25) is 5.91 Å². The molecule has 0 saturated heterocycles. The maximum atomic E-state index is 12.1. The first kappa shape index (κ1) is 17.8. The zero-order valence-corrected chi connectivity index (χ0v) is 15.3. The summed E-state index contributed by atoms with van der Waals surface area (Å²) in [6.45, 7) is 6.13. The zero-order valence-electron chi connectivity index (χ0n) is 14.5. The Balaban J connectivity index is 1.83. The molecule has 0 radical (unpaired) electrons. The summed E-state index contributed by atoms with van der Waals surface area (Å²) < 4.78 is 0. The molecule has 4 heteroatoms. The van der Waals surface area contributed by atoms with Crippen LogP contribution in [0, 0.1) is 5.41 Å². The lowest BCUT2D eigenvalue weighted by Gasteiger charge is -2.26. The van der Waals surface area contributed by atoms with E-state index in [1.807, 2.05) is 12.1 Å². The lowest BCUT2D eigenvalue weighted by molar-refractivity contribution is -0.865. The summed E-state index contributed by atoms with van der Waals surface area (Å²) in [6, 6.07) is 14.6. The van der Waals surface area contributed by atoms with E-state index in [0.717, 1.165) is 18.0 Å². The van der Waals surface area contributed by atoms with Crippen LogP contribution in [0.3, 0.4) is 0 Å². The molecule has 2 aromatic rings. The number of nitrogens with one attached hydrogen (secondary N) is 2. The van der Waals surface area contributed by atoms with E-state index >= 15 is 0 Å². The lowest BCUT2D eigenvalue weighted by Crippen LogP contribution is -3.07. The summed E-state index contributed by atoms with van der Waals surface area (Å²) in [4.78, 5) is 14.6. The second-order valence-electron chi connectivity index (χ2n) is 7.12. The van der Waals surface area contributed by atoms with Gasteiger partial charge >= 0.3 is 0 Å². The predicted octanol–water partition coefficient (Wildman–Crippen LogP) is 2.22. The van der Waals surface area contributed by atoms with Crippen LogP contribution < -0.4 is 10.2 Å². The molecule has 3 nitrogen and oxygen atoms in total. The number of hydrogen-bond acceptors (Lipinski definition) is 2. The van der Waals surface area contributed by atoms with Crippen molar-refractivity contribution in [2.75, 3.05) is 32.9 Å². The van der Waals surface area contributed by atoms with Crippen LogP contribution in [0.25, 0.3) is 10.8 Å². The Morgan fingerprint density at radius 1 is 1.13 bits per heavy atom. The van der Waals surface area contributed by atoms with Gasteiger partial charge in [0.1, 0.15) is 0 Å². The van der Waals surface area contributed by atoms with Crippen LogP contribution >= 0.6 is 11.8 Å². The molecule has 0 aliphatic carbocycles. The molecule has 0 fully saturated rings. The Morgan fingerprint density at radius 3 is 2.52 bits per heavy atom. The molecule has 0 unspecified atom stereocenters. The van der Waals surface area contributed by atoms with Gasteiger partial charge in [-0.1, -0.05) is 44.2 Å². The molecule has 2 rings (SSSR count). The van der Waals surface area contributed by atoms with E-state index in [-0.39, 0.29) is 11.3 Å². The molecule has 1 amide bonds. The van der Waals surface area contributed by atoms with Crippen LogP contribution in [0.4, 0.5) is 0 Å². The third kappa shape index (κ3) is 5.88. The van der Waals surface area contributed by atoms with Gasteiger partial charge in [-0.25, -0.2) is 0 Å². The molecular weight excluding hydrogens is 304 g/mol. The quantitative estimate of drug-likeness (QED) is 0.763. The number of carbonyl (C=O) groups excluding carboxylic acids is 1. The van der Waals surface area contributed by atoms with Gasteiger partial charge in [-0.2, -0.15) is 0 Å². The zero-order chi connectivity index (χ0) is 16.9. The first-order valence-electron chi connectivity index (χ1n) is 8.03. The molecule has 0 bridgehead atoms. The van der Waals surface area contributed by atoms with Crippen LogP contribution in [-0.2, 0) is 4.79 Å². The Bertz CT molecular complexity index is 667. The van der Waals surface area contributed by atoms with E-state index in [2.05, 4.69) is 63.6 Å². The minimum atomic E-state index is 0.102. The number of hydrogen-bond donors (Lipinski definition) is 2. The third-order valence-electron chi connectivity index (χ3n) is 3.69. The number of quaternary nitrogens is 1. The van der Waals surface area contributed by atoms with Crippen molar-refractivity contribution >= 4 is 28.4 Å². The molecule has 0 atom stereocenters. The minimum Gasteiger partial charge on any atom is -0.355 e. The minimum absolute atomic E-state index is 0.102. The summed E-state index contributed by atoms with van der Waals surface area (Å²) in [5.74, 6) is 0.563. The van der Waals surface area contributed by atoms with Crippen molar-refractivity contribution in [1.82, 2.24) is 5.32 Å². The summed E-state index contributed by atoms with van der Waals surface area (Å²) in [5, 5.41) is 5.51. The molecule has 2 aromatic carbocycles. The lowest BCUT2D eigenvalue weighted by atomic mass is 9.93. The molecule has 0 spiro atoms. The molecule has 2 N–H and O–H groups in total. The molecule has 0 saturated carbocycles. The van der Waals surface area contributed by atoms with Crippen molar-refractivity contribution in [1.29, 1.82) is 0 Å². The number of rotatable bonds is 7. The van der Waals surface area contributed by atoms with Gasteiger partial charge in [0.15, 0.2) is 0 Å². The first-order chi connectivity index (χ1) is 10.9. The number of thioether (sulfide) groups is 1. The van der Waals surface area contributed by atoms with Gasteiger partial charge in [0, 0.05) is 16.9 Å². The van der Waals surface area contributed by atoms with E-state index in [1.54, 1.807) is 11.8 Å². The number of benzene rings is 2. The average molecular weight is 332 g/mol. The van der Waals surface area contributed by atoms with E-state index in [0.29, 0.717) is 5.75 Å². The summed E-state index contributed by atoms with van der Waals surface area (Å²) >= 11 is 1.59. The summed E-state index contributed by atoms with van der Waals surface area (Å²) in [6.07, 6.45) is 0. The van der Waals surface area contributed by atoms with Crippen molar-refractivity contribution < 1.29 is 9.69 Å². The molecular formula is C19H27N2OS+. The Hall–Kier alpha value is -1.52. The monoisotopic (exact) mass is 331 g/mol. The van der Waals surface area contributed by atoms with Crippen molar-refractivity contribution in [3.8, 4) is 0 Å².